The maximum atomic E-state index is 12.4. The molecule has 0 radical (unpaired) electrons. The number of carbonyl (C=O) groups is 1. The number of aryl methyl sites for hydroxylation is 1. The molecule has 3 rings (SSSR count). The number of amides is 1. The number of piperidine rings is 1. The fraction of sp³-hybridized carbons (Fsp3) is 0.476. The first-order chi connectivity index (χ1) is 12.3. The number of hydrogen-bond donors (Lipinski definition) is 1. The van der Waals surface area contributed by atoms with Crippen LogP contribution in [0.3, 0.4) is 0 Å². The Bertz CT molecular complexity index is 619. The van der Waals surface area contributed by atoms with Crippen molar-refractivity contribution in [1.82, 2.24) is 10.2 Å². The van der Waals surface area contributed by atoms with Gasteiger partial charge in [-0.2, -0.15) is 0 Å². The van der Waals surface area contributed by atoms with E-state index in [2.05, 4.69) is 34.5 Å². The summed E-state index contributed by atoms with van der Waals surface area (Å²) in [6.45, 7) is 3.22. The molecule has 1 N–H and O–H groups in total. The van der Waals surface area contributed by atoms with Gasteiger partial charge in [0.15, 0.2) is 0 Å². The second-order valence-corrected chi connectivity index (χ2v) is 6.89. The number of nitrogens with zero attached hydrogens (tertiary/aromatic N) is 1. The van der Waals surface area contributed by atoms with E-state index in [1.165, 1.54) is 24.8 Å². The molecule has 0 aliphatic carbocycles. The lowest BCUT2D eigenvalue weighted by Crippen LogP contribution is -2.46. The van der Waals surface area contributed by atoms with Crippen LogP contribution < -0.4 is 5.32 Å². The average molecular weight is 340 g/mol. The van der Waals surface area contributed by atoms with Gasteiger partial charge in [-0.25, -0.2) is 0 Å². The Balaban J connectivity index is 1.55. The van der Waals surface area contributed by atoms with E-state index in [-0.39, 0.29) is 11.9 Å². The van der Waals surface area contributed by atoms with Crippen LogP contribution in [-0.4, -0.2) is 36.5 Å². The second-order valence-electron chi connectivity index (χ2n) is 6.89. The van der Waals surface area contributed by atoms with E-state index < -0.39 is 0 Å². The number of benzene rings is 1. The first-order valence-corrected chi connectivity index (χ1v) is 9.37. The van der Waals surface area contributed by atoms with Crippen molar-refractivity contribution in [2.75, 3.05) is 19.6 Å². The van der Waals surface area contributed by atoms with Crippen molar-refractivity contribution >= 4 is 5.91 Å². The third-order valence-corrected chi connectivity index (χ3v) is 4.80. The Morgan fingerprint density at radius 1 is 1.08 bits per heavy atom. The number of rotatable bonds is 8. The molecule has 4 nitrogen and oxygen atoms in total. The van der Waals surface area contributed by atoms with E-state index in [0.717, 1.165) is 31.8 Å². The van der Waals surface area contributed by atoms with Crippen LogP contribution in [0.15, 0.2) is 53.1 Å². The van der Waals surface area contributed by atoms with E-state index in [9.17, 15) is 4.79 Å². The molecule has 0 unspecified atom stereocenters. The van der Waals surface area contributed by atoms with E-state index in [4.69, 9.17) is 4.42 Å². The van der Waals surface area contributed by atoms with Gasteiger partial charge in [0, 0.05) is 25.4 Å². The van der Waals surface area contributed by atoms with Gasteiger partial charge in [0.1, 0.15) is 5.76 Å². The van der Waals surface area contributed by atoms with Crippen molar-refractivity contribution in [3.63, 3.8) is 0 Å². The van der Waals surface area contributed by atoms with Crippen LogP contribution in [0.4, 0.5) is 0 Å². The Kier molecular flexibility index (Phi) is 6.69. The number of hydrogen-bond acceptors (Lipinski definition) is 3. The van der Waals surface area contributed by atoms with Crippen molar-refractivity contribution < 1.29 is 9.21 Å². The fourth-order valence-electron chi connectivity index (χ4n) is 3.50. The summed E-state index contributed by atoms with van der Waals surface area (Å²) in [5, 5.41) is 3.25. The lowest BCUT2D eigenvalue weighted by molar-refractivity contribution is -0.122. The van der Waals surface area contributed by atoms with E-state index in [1.807, 2.05) is 18.2 Å². The fourth-order valence-corrected chi connectivity index (χ4v) is 3.50. The molecule has 2 aromatic rings. The van der Waals surface area contributed by atoms with Gasteiger partial charge in [0.2, 0.25) is 5.91 Å². The zero-order valence-corrected chi connectivity index (χ0v) is 14.8. The minimum atomic E-state index is 0.106. The Hall–Kier alpha value is -2.07. The molecule has 4 heteroatoms. The molecule has 0 bridgehead atoms. The van der Waals surface area contributed by atoms with Crippen LogP contribution in [0, 0.1) is 0 Å². The summed E-state index contributed by atoms with van der Waals surface area (Å²) in [5.74, 6) is 0.972. The van der Waals surface area contributed by atoms with Crippen molar-refractivity contribution in [2.45, 2.75) is 44.6 Å². The molecular weight excluding hydrogens is 312 g/mol. The van der Waals surface area contributed by atoms with Gasteiger partial charge >= 0.3 is 0 Å². The molecular formula is C21H28N2O2. The molecule has 25 heavy (non-hydrogen) atoms. The zero-order valence-electron chi connectivity index (χ0n) is 14.8. The minimum absolute atomic E-state index is 0.106. The molecule has 1 aliphatic rings. The van der Waals surface area contributed by atoms with E-state index >= 15 is 0 Å². The van der Waals surface area contributed by atoms with Crippen LogP contribution in [0.2, 0.25) is 0 Å². The summed E-state index contributed by atoms with van der Waals surface area (Å²) in [7, 11) is 0. The number of furan rings is 1. The maximum Gasteiger partial charge on any atom is 0.220 e. The lowest BCUT2D eigenvalue weighted by atomic mass is 10.0. The highest BCUT2D eigenvalue weighted by Crippen LogP contribution is 2.12. The highest BCUT2D eigenvalue weighted by Gasteiger charge is 2.19. The third-order valence-electron chi connectivity index (χ3n) is 4.80. The quantitative estimate of drug-likeness (QED) is 0.801. The maximum absolute atomic E-state index is 12.4. The van der Waals surface area contributed by atoms with Gasteiger partial charge in [0.25, 0.3) is 0 Å². The molecule has 1 amide bonds. The van der Waals surface area contributed by atoms with Crippen molar-refractivity contribution in [2.24, 2.45) is 0 Å². The van der Waals surface area contributed by atoms with Gasteiger partial charge in [-0.1, -0.05) is 36.8 Å². The number of carbonyl (C=O) groups excluding carboxylic acids is 1. The van der Waals surface area contributed by atoms with Gasteiger partial charge in [0.05, 0.1) is 6.26 Å². The van der Waals surface area contributed by atoms with E-state index in [0.29, 0.717) is 12.8 Å². The summed E-state index contributed by atoms with van der Waals surface area (Å²) >= 11 is 0. The third kappa shape index (κ3) is 6.05. The van der Waals surface area contributed by atoms with Crippen LogP contribution in [0.5, 0.6) is 0 Å². The van der Waals surface area contributed by atoms with Gasteiger partial charge in [-0.3, -0.25) is 4.79 Å². The molecule has 2 heterocycles. The van der Waals surface area contributed by atoms with Crippen LogP contribution in [0.1, 0.15) is 37.0 Å². The van der Waals surface area contributed by atoms with Crippen LogP contribution in [0.25, 0.3) is 0 Å². The number of likely N-dealkylation sites (tertiary alicyclic amines) is 1. The summed E-state index contributed by atoms with van der Waals surface area (Å²) in [4.78, 5) is 14.9. The predicted octanol–water partition coefficient (Wildman–Crippen LogP) is 3.43. The lowest BCUT2D eigenvalue weighted by Gasteiger charge is -2.31. The first kappa shape index (κ1) is 17.7. The summed E-state index contributed by atoms with van der Waals surface area (Å²) in [5.41, 5.74) is 1.27. The molecule has 0 saturated carbocycles. The Morgan fingerprint density at radius 3 is 2.60 bits per heavy atom. The van der Waals surface area contributed by atoms with Crippen molar-refractivity contribution in [1.29, 1.82) is 0 Å². The molecule has 1 atom stereocenters. The summed E-state index contributed by atoms with van der Waals surface area (Å²) in [6, 6.07) is 14.4. The average Bonchev–Trinajstić information content (AvgIpc) is 3.15. The highest BCUT2D eigenvalue weighted by molar-refractivity contribution is 5.76. The molecule has 1 aromatic carbocycles. The van der Waals surface area contributed by atoms with Gasteiger partial charge < -0.3 is 14.6 Å². The molecule has 1 fully saturated rings. The minimum Gasteiger partial charge on any atom is -0.469 e. The normalized spacial score (nSPS) is 16.5. The van der Waals surface area contributed by atoms with Crippen LogP contribution in [-0.2, 0) is 17.6 Å². The standard InChI is InChI=1S/C21H28N2O2/c24-21(12-11-20-10-7-15-25-20)22-19(16-18-8-3-1-4-9-18)17-23-13-5-2-6-14-23/h1,3-4,7-10,15,19H,2,5-6,11-14,16-17H2,(H,22,24)/t19-/m1/s1. The largest absolute Gasteiger partial charge is 0.469 e. The molecule has 1 aliphatic heterocycles. The monoisotopic (exact) mass is 340 g/mol. The molecule has 1 saturated heterocycles. The van der Waals surface area contributed by atoms with Crippen molar-refractivity contribution in [3.05, 3.63) is 60.1 Å². The summed E-state index contributed by atoms with van der Waals surface area (Å²) in [6.07, 6.45) is 7.52. The Morgan fingerprint density at radius 2 is 1.88 bits per heavy atom. The van der Waals surface area contributed by atoms with Gasteiger partial charge in [-0.05, 0) is 50.0 Å². The smallest absolute Gasteiger partial charge is 0.220 e. The van der Waals surface area contributed by atoms with Gasteiger partial charge in [-0.15, -0.1) is 0 Å². The predicted molar refractivity (Wildman–Crippen MR) is 99.4 cm³/mol. The second kappa shape index (κ2) is 9.42. The zero-order chi connectivity index (χ0) is 17.3. The molecule has 134 valence electrons. The van der Waals surface area contributed by atoms with Crippen molar-refractivity contribution in [3.8, 4) is 0 Å². The first-order valence-electron chi connectivity index (χ1n) is 9.37. The van der Waals surface area contributed by atoms with E-state index in [1.54, 1.807) is 6.26 Å². The summed E-state index contributed by atoms with van der Waals surface area (Å²) < 4.78 is 5.32. The van der Waals surface area contributed by atoms with Crippen LogP contribution >= 0.6 is 0 Å². The Labute approximate surface area is 150 Å². The number of nitrogens with one attached hydrogen (secondary N) is 1. The molecule has 0 spiro atoms. The molecule has 1 aromatic heterocycles. The highest BCUT2D eigenvalue weighted by atomic mass is 16.3. The topological polar surface area (TPSA) is 45.5 Å². The SMILES string of the molecule is O=C(CCc1ccco1)N[C@H](Cc1ccccc1)CN1CCCCC1.